The molecule has 0 aromatic heterocycles. The first-order chi connectivity index (χ1) is 9.80. The molecule has 0 bridgehead atoms. The summed E-state index contributed by atoms with van der Waals surface area (Å²) in [6.07, 6.45) is 15.8. The van der Waals surface area contributed by atoms with Crippen LogP contribution in [0.15, 0.2) is 0 Å². The van der Waals surface area contributed by atoms with E-state index in [1.807, 2.05) is 0 Å². The predicted octanol–water partition coefficient (Wildman–Crippen LogP) is 5.89. The third-order valence-corrected chi connectivity index (χ3v) is 5.21. The number of unbranched alkanes of at least 4 members (excludes halogenated alkanes) is 4. The van der Waals surface area contributed by atoms with Crippen molar-refractivity contribution < 1.29 is 0 Å². The van der Waals surface area contributed by atoms with Crippen molar-refractivity contribution in [2.45, 2.75) is 91.4 Å². The van der Waals surface area contributed by atoms with E-state index in [0.29, 0.717) is 0 Å². The van der Waals surface area contributed by atoms with Gasteiger partial charge in [-0.1, -0.05) is 65.7 Å². The summed E-state index contributed by atoms with van der Waals surface area (Å²) >= 11 is 0. The molecule has 1 aliphatic heterocycles. The van der Waals surface area contributed by atoms with Gasteiger partial charge in [0.05, 0.1) is 0 Å². The molecule has 0 aliphatic carbocycles. The smallest absolute Gasteiger partial charge is 0.000966 e. The van der Waals surface area contributed by atoms with E-state index >= 15 is 0 Å². The Morgan fingerprint density at radius 3 is 2.15 bits per heavy atom. The van der Waals surface area contributed by atoms with Gasteiger partial charge >= 0.3 is 0 Å². The fraction of sp³-hybridized carbons (Fsp3) is 1.00. The average Bonchev–Trinajstić information content (AvgIpc) is 2.48. The lowest BCUT2D eigenvalue weighted by Gasteiger charge is -2.34. The summed E-state index contributed by atoms with van der Waals surface area (Å²) in [5, 5.41) is 0. The normalized spacial score (nSPS) is 19.4. The van der Waals surface area contributed by atoms with Gasteiger partial charge in [0.25, 0.3) is 0 Å². The summed E-state index contributed by atoms with van der Waals surface area (Å²) in [4.78, 5) is 2.76. The zero-order valence-electron chi connectivity index (χ0n) is 14.5. The SMILES string of the molecule is CCCCCCCC(CCC)CN1CCC(CC)CC1. The van der Waals surface area contributed by atoms with Crippen LogP contribution in [0, 0.1) is 11.8 Å². The minimum atomic E-state index is 0.972. The van der Waals surface area contributed by atoms with Crippen LogP contribution in [-0.2, 0) is 0 Å². The van der Waals surface area contributed by atoms with Crippen molar-refractivity contribution in [1.29, 1.82) is 0 Å². The van der Waals surface area contributed by atoms with Crippen molar-refractivity contribution >= 4 is 0 Å². The van der Waals surface area contributed by atoms with E-state index in [0.717, 1.165) is 11.8 Å². The van der Waals surface area contributed by atoms with E-state index in [1.165, 1.54) is 90.3 Å². The van der Waals surface area contributed by atoms with Crippen LogP contribution in [0.5, 0.6) is 0 Å². The summed E-state index contributed by atoms with van der Waals surface area (Å²) in [5.41, 5.74) is 0. The van der Waals surface area contributed by atoms with E-state index in [1.54, 1.807) is 0 Å². The Bertz CT molecular complexity index is 206. The minimum absolute atomic E-state index is 0.972. The molecule has 1 aliphatic rings. The average molecular weight is 282 g/mol. The lowest BCUT2D eigenvalue weighted by atomic mass is 9.91. The molecule has 0 amide bonds. The van der Waals surface area contributed by atoms with Crippen LogP contribution in [0.3, 0.4) is 0 Å². The number of nitrogens with zero attached hydrogens (tertiary/aromatic N) is 1. The molecule has 1 heterocycles. The molecular formula is C19H39N. The molecule has 120 valence electrons. The standard InChI is InChI=1S/C19H39N/c1-4-7-8-9-10-12-19(11-5-2)17-20-15-13-18(6-3)14-16-20/h18-19H,4-17H2,1-3H3. The Hall–Kier alpha value is -0.0400. The van der Waals surface area contributed by atoms with Gasteiger partial charge < -0.3 is 4.90 Å². The van der Waals surface area contributed by atoms with Gasteiger partial charge in [-0.2, -0.15) is 0 Å². The molecule has 0 radical (unpaired) electrons. The van der Waals surface area contributed by atoms with Gasteiger partial charge in [-0.15, -0.1) is 0 Å². The van der Waals surface area contributed by atoms with Crippen molar-refractivity contribution in [2.75, 3.05) is 19.6 Å². The predicted molar refractivity (Wildman–Crippen MR) is 91.2 cm³/mol. The molecule has 0 saturated carbocycles. The first-order valence-electron chi connectivity index (χ1n) is 9.52. The van der Waals surface area contributed by atoms with Gasteiger partial charge in [0, 0.05) is 6.54 Å². The molecule has 0 aromatic carbocycles. The summed E-state index contributed by atoms with van der Waals surface area (Å²) in [6.45, 7) is 11.1. The highest BCUT2D eigenvalue weighted by molar-refractivity contribution is 4.74. The van der Waals surface area contributed by atoms with Crippen molar-refractivity contribution in [1.82, 2.24) is 4.90 Å². The minimum Gasteiger partial charge on any atom is -0.303 e. The number of hydrogen-bond acceptors (Lipinski definition) is 1. The van der Waals surface area contributed by atoms with Gasteiger partial charge in [-0.3, -0.25) is 0 Å². The van der Waals surface area contributed by atoms with Crippen LogP contribution in [-0.4, -0.2) is 24.5 Å². The lowest BCUT2D eigenvalue weighted by molar-refractivity contribution is 0.151. The number of piperidine rings is 1. The molecule has 20 heavy (non-hydrogen) atoms. The first kappa shape index (κ1) is 18.0. The third kappa shape index (κ3) is 7.67. The topological polar surface area (TPSA) is 3.24 Å². The lowest BCUT2D eigenvalue weighted by Crippen LogP contribution is -2.37. The Labute approximate surface area is 128 Å². The second-order valence-corrected chi connectivity index (χ2v) is 7.01. The molecule has 1 heteroatoms. The monoisotopic (exact) mass is 281 g/mol. The highest BCUT2D eigenvalue weighted by atomic mass is 15.1. The molecule has 1 rings (SSSR count). The summed E-state index contributed by atoms with van der Waals surface area (Å²) in [6, 6.07) is 0. The van der Waals surface area contributed by atoms with E-state index in [2.05, 4.69) is 25.7 Å². The maximum atomic E-state index is 2.76. The Morgan fingerprint density at radius 1 is 0.850 bits per heavy atom. The Kier molecular flexibility index (Phi) is 10.4. The highest BCUT2D eigenvalue weighted by Crippen LogP contribution is 2.23. The number of likely N-dealkylation sites (tertiary alicyclic amines) is 1. The van der Waals surface area contributed by atoms with Crippen LogP contribution >= 0.6 is 0 Å². The molecule has 0 N–H and O–H groups in total. The highest BCUT2D eigenvalue weighted by Gasteiger charge is 2.20. The molecular weight excluding hydrogens is 242 g/mol. The summed E-state index contributed by atoms with van der Waals surface area (Å²) < 4.78 is 0. The fourth-order valence-electron chi connectivity index (χ4n) is 3.71. The Balaban J connectivity index is 2.17. The number of rotatable bonds is 11. The van der Waals surface area contributed by atoms with Crippen molar-refractivity contribution in [3.8, 4) is 0 Å². The van der Waals surface area contributed by atoms with Crippen molar-refractivity contribution in [3.05, 3.63) is 0 Å². The molecule has 0 aromatic rings. The van der Waals surface area contributed by atoms with Gasteiger partial charge in [-0.05, 0) is 50.6 Å². The van der Waals surface area contributed by atoms with Gasteiger partial charge in [0.15, 0.2) is 0 Å². The van der Waals surface area contributed by atoms with E-state index in [4.69, 9.17) is 0 Å². The molecule has 1 atom stereocenters. The zero-order valence-corrected chi connectivity index (χ0v) is 14.5. The van der Waals surface area contributed by atoms with Crippen LogP contribution in [0.2, 0.25) is 0 Å². The summed E-state index contributed by atoms with van der Waals surface area (Å²) in [5.74, 6) is 1.99. The third-order valence-electron chi connectivity index (χ3n) is 5.21. The second-order valence-electron chi connectivity index (χ2n) is 7.01. The van der Waals surface area contributed by atoms with Crippen LogP contribution in [0.25, 0.3) is 0 Å². The molecule has 1 fully saturated rings. The molecule has 1 saturated heterocycles. The summed E-state index contributed by atoms with van der Waals surface area (Å²) in [7, 11) is 0. The van der Waals surface area contributed by atoms with Crippen molar-refractivity contribution in [3.63, 3.8) is 0 Å². The fourth-order valence-corrected chi connectivity index (χ4v) is 3.71. The number of hydrogen-bond donors (Lipinski definition) is 0. The maximum Gasteiger partial charge on any atom is 0.000966 e. The molecule has 0 spiro atoms. The molecule has 1 unspecified atom stereocenters. The van der Waals surface area contributed by atoms with E-state index < -0.39 is 0 Å². The van der Waals surface area contributed by atoms with Crippen LogP contribution in [0.1, 0.15) is 91.4 Å². The largest absolute Gasteiger partial charge is 0.303 e. The molecule has 1 nitrogen and oxygen atoms in total. The first-order valence-corrected chi connectivity index (χ1v) is 9.52. The van der Waals surface area contributed by atoms with Crippen molar-refractivity contribution in [2.24, 2.45) is 11.8 Å². The zero-order chi connectivity index (χ0) is 14.6. The van der Waals surface area contributed by atoms with E-state index in [-0.39, 0.29) is 0 Å². The van der Waals surface area contributed by atoms with E-state index in [9.17, 15) is 0 Å². The second kappa shape index (κ2) is 11.6. The maximum absolute atomic E-state index is 2.76. The van der Waals surface area contributed by atoms with Gasteiger partial charge in [-0.25, -0.2) is 0 Å². The van der Waals surface area contributed by atoms with Gasteiger partial charge in [0.2, 0.25) is 0 Å². The van der Waals surface area contributed by atoms with Crippen LogP contribution in [0.4, 0.5) is 0 Å². The quantitative estimate of drug-likeness (QED) is 0.427. The Morgan fingerprint density at radius 2 is 1.55 bits per heavy atom. The van der Waals surface area contributed by atoms with Crippen LogP contribution < -0.4 is 0 Å². The van der Waals surface area contributed by atoms with Gasteiger partial charge in [0.1, 0.15) is 0 Å².